The second-order valence-corrected chi connectivity index (χ2v) is 0.645. The molecular weight excluding hydrogens is 140 g/mol. The molecule has 0 saturated heterocycles. The summed E-state index contributed by atoms with van der Waals surface area (Å²) < 4.78 is 16.9. The fraction of sp³-hybridized carbons (Fsp3) is 0. The first kappa shape index (κ1) is 9.75. The van der Waals surface area contributed by atoms with Crippen LogP contribution in [0.15, 0.2) is 0 Å². The van der Waals surface area contributed by atoms with E-state index in [1.54, 1.807) is 0 Å². The summed E-state index contributed by atoms with van der Waals surface area (Å²) in [6.07, 6.45) is 0. The van der Waals surface area contributed by atoms with Gasteiger partial charge < -0.3 is 11.5 Å². The Morgan fingerprint density at radius 1 is 1.86 bits per heavy atom. The molecule has 0 aliphatic rings. The van der Waals surface area contributed by atoms with Crippen molar-refractivity contribution in [3.63, 3.8) is 0 Å². The van der Waals surface area contributed by atoms with Gasteiger partial charge in [0.25, 0.3) is 0 Å². The van der Waals surface area contributed by atoms with Crippen LogP contribution in [0.5, 0.6) is 0 Å². The Kier molecular flexibility index (Phi) is 12.7. The maximum atomic E-state index is 8.89. The minimum atomic E-state index is -1.62. The van der Waals surface area contributed by atoms with Gasteiger partial charge >= 0.3 is 23.4 Å². The molecule has 0 aliphatic carbocycles. The van der Waals surface area contributed by atoms with Gasteiger partial charge in [-0.05, 0) is 0 Å². The normalized spacial score (nSPS) is 5.29. The molecular formula is CH3CrN2O3-2. The molecule has 0 radical (unpaired) electrons. The van der Waals surface area contributed by atoms with Crippen LogP contribution in [0.1, 0.15) is 0 Å². The Hall–Kier alpha value is -0.438. The number of nitrogens with two attached hydrogens (primary N) is 1. The number of hydrogen-bond acceptors (Lipinski definition) is 3. The molecule has 0 aromatic carbocycles. The molecule has 0 aliphatic heterocycles. The standard InChI is InChI=1S/CH4N2O.Cr.2O/c2-1(3)4;;;/h(H4,2,3,4);;;/q;;;-1/p-1. The van der Waals surface area contributed by atoms with Crippen molar-refractivity contribution in [1.82, 2.24) is 0 Å². The van der Waals surface area contributed by atoms with Gasteiger partial charge in [0.15, 0.2) is 0 Å². The van der Waals surface area contributed by atoms with E-state index < -0.39 is 21.5 Å². The van der Waals surface area contributed by atoms with E-state index in [1.807, 2.05) is 0 Å². The molecule has 0 spiro atoms. The third-order valence-electron chi connectivity index (χ3n) is 0. The van der Waals surface area contributed by atoms with Gasteiger partial charge in [-0.1, -0.05) is 0 Å². The van der Waals surface area contributed by atoms with Crippen molar-refractivity contribution < 1.29 is 28.2 Å². The molecule has 2 amide bonds. The number of nitrogens with one attached hydrogen (secondary N) is 1. The van der Waals surface area contributed by atoms with Gasteiger partial charge in [0.1, 0.15) is 6.03 Å². The molecule has 0 saturated carbocycles. The quantitative estimate of drug-likeness (QED) is 0.460. The zero-order valence-electron chi connectivity index (χ0n) is 3.21. The summed E-state index contributed by atoms with van der Waals surface area (Å²) in [6, 6.07) is -1.08. The molecule has 43 valence electrons. The summed E-state index contributed by atoms with van der Waals surface area (Å²) in [7, 11) is 0. The number of rotatable bonds is 0. The molecule has 7 heavy (non-hydrogen) atoms. The topological polar surface area (TPSA) is 107 Å². The monoisotopic (exact) mass is 143 g/mol. The van der Waals surface area contributed by atoms with Crippen molar-refractivity contribution in [2.75, 3.05) is 0 Å². The molecule has 0 aromatic heterocycles. The third-order valence-corrected chi connectivity index (χ3v) is 0. The Morgan fingerprint density at radius 2 is 1.86 bits per heavy atom. The molecule has 0 fully saturated rings. The summed E-state index contributed by atoms with van der Waals surface area (Å²) >= 11 is -1.62. The van der Waals surface area contributed by atoms with Crippen LogP contribution >= 0.6 is 0 Å². The molecule has 5 nitrogen and oxygen atoms in total. The molecule has 3 N–H and O–H groups in total. The van der Waals surface area contributed by atoms with Gasteiger partial charge in [-0.3, -0.25) is 4.79 Å². The van der Waals surface area contributed by atoms with Gasteiger partial charge in [-0.2, -0.15) is 0 Å². The Labute approximate surface area is 46.6 Å². The Morgan fingerprint density at radius 3 is 1.86 bits per heavy atom. The van der Waals surface area contributed by atoms with E-state index in [-0.39, 0.29) is 0 Å². The summed E-state index contributed by atoms with van der Waals surface area (Å²) in [5, 5.41) is 0. The first-order valence-electron chi connectivity index (χ1n) is 1.08. The average Bonchev–Trinajstić information content (AvgIpc) is 1.33. The van der Waals surface area contributed by atoms with E-state index in [0.29, 0.717) is 0 Å². The number of urea groups is 1. The summed E-state index contributed by atoms with van der Waals surface area (Å²) in [4.78, 5) is 8.89. The van der Waals surface area contributed by atoms with Gasteiger partial charge in [0.2, 0.25) is 0 Å². The van der Waals surface area contributed by atoms with E-state index in [1.165, 1.54) is 0 Å². The van der Waals surface area contributed by atoms with E-state index in [0.717, 1.165) is 0 Å². The van der Waals surface area contributed by atoms with Gasteiger partial charge in [-0.15, -0.1) is 0 Å². The summed E-state index contributed by atoms with van der Waals surface area (Å²) in [5.41, 5.74) is 9.86. The van der Waals surface area contributed by atoms with Gasteiger partial charge in [0.05, 0.1) is 0 Å². The number of carbonyl (C=O) groups excluding carboxylic acids is 1. The average molecular weight is 143 g/mol. The van der Waals surface area contributed by atoms with Crippen LogP contribution in [-0.4, -0.2) is 6.03 Å². The van der Waals surface area contributed by atoms with Gasteiger partial charge in [0, 0.05) is 0 Å². The molecule has 0 unspecified atom stereocenters. The Bertz CT molecular complexity index is 60.0. The first-order valence-corrected chi connectivity index (χ1v) is 2.12. The van der Waals surface area contributed by atoms with E-state index in [9.17, 15) is 0 Å². The van der Waals surface area contributed by atoms with Crippen molar-refractivity contribution in [2.45, 2.75) is 0 Å². The fourth-order valence-electron chi connectivity index (χ4n) is 0. The number of carbonyl (C=O) groups is 1. The van der Waals surface area contributed by atoms with Crippen LogP contribution in [0, 0.1) is 0 Å². The van der Waals surface area contributed by atoms with Crippen LogP contribution in [-0.2, 0) is 19.3 Å². The van der Waals surface area contributed by atoms with Crippen LogP contribution < -0.4 is 9.89 Å². The SMILES string of the molecule is [NH-]C(N)=O.[O]=[Cr][O-]. The van der Waals surface area contributed by atoms with Crippen LogP contribution in [0.3, 0.4) is 0 Å². The van der Waals surface area contributed by atoms with Crippen molar-refractivity contribution in [3.8, 4) is 0 Å². The maximum absolute atomic E-state index is 8.89. The van der Waals surface area contributed by atoms with Gasteiger partial charge in [-0.25, -0.2) is 0 Å². The number of hydrogen-bond donors (Lipinski definition) is 1. The second kappa shape index (κ2) is 9.12. The minimum absolute atomic E-state index is 1.08. The zero-order valence-corrected chi connectivity index (χ0v) is 4.49. The second-order valence-electron chi connectivity index (χ2n) is 0.432. The number of amides is 2. The van der Waals surface area contributed by atoms with E-state index in [4.69, 9.17) is 18.5 Å². The summed E-state index contributed by atoms with van der Waals surface area (Å²) in [5.74, 6) is 0. The predicted octanol–water partition coefficient (Wildman–Crippen LogP) is -1.19. The molecule has 0 bridgehead atoms. The van der Waals surface area contributed by atoms with E-state index >= 15 is 0 Å². The molecule has 6 heteroatoms. The molecule has 0 aromatic rings. The molecule has 0 atom stereocenters. The third kappa shape index (κ3) is 369. The first-order chi connectivity index (χ1) is 3.15. The fourth-order valence-corrected chi connectivity index (χ4v) is 0. The predicted molar refractivity (Wildman–Crippen MR) is 14.6 cm³/mol. The number of primary amides is 1. The molecule has 0 rings (SSSR count). The Balaban J connectivity index is 0. The van der Waals surface area contributed by atoms with Crippen molar-refractivity contribution in [2.24, 2.45) is 5.73 Å². The van der Waals surface area contributed by atoms with Crippen LogP contribution in [0.4, 0.5) is 4.79 Å². The zero-order chi connectivity index (χ0) is 6.28. The van der Waals surface area contributed by atoms with Crippen molar-refractivity contribution >= 4 is 6.03 Å². The van der Waals surface area contributed by atoms with Crippen LogP contribution in [0.2, 0.25) is 0 Å². The van der Waals surface area contributed by atoms with E-state index in [2.05, 4.69) is 5.73 Å². The van der Waals surface area contributed by atoms with Crippen LogP contribution in [0.25, 0.3) is 5.73 Å². The summed E-state index contributed by atoms with van der Waals surface area (Å²) in [6.45, 7) is 0. The van der Waals surface area contributed by atoms with Crippen molar-refractivity contribution in [3.05, 3.63) is 5.73 Å². The molecule has 0 heterocycles. The van der Waals surface area contributed by atoms with Crippen molar-refractivity contribution in [1.29, 1.82) is 0 Å².